The summed E-state index contributed by atoms with van der Waals surface area (Å²) < 4.78 is 30.3. The minimum absolute atomic E-state index is 0.0896. The molecule has 0 radical (unpaired) electrons. The number of carbonyl (C=O) groups is 1. The second-order valence-corrected chi connectivity index (χ2v) is 6.43. The number of benzene rings is 1. The summed E-state index contributed by atoms with van der Waals surface area (Å²) in [6.45, 7) is 3.21. The fourth-order valence-electron chi connectivity index (χ4n) is 1.49. The molecule has 0 saturated heterocycles. The first-order valence-electron chi connectivity index (χ1n) is 5.67. The quantitative estimate of drug-likeness (QED) is 0.779. The van der Waals surface area contributed by atoms with Crippen LogP contribution in [-0.2, 0) is 19.6 Å². The first-order chi connectivity index (χ1) is 8.78. The lowest BCUT2D eigenvalue weighted by molar-refractivity contribution is -0.143. The third kappa shape index (κ3) is 3.92. The van der Waals surface area contributed by atoms with Crippen molar-refractivity contribution in [1.82, 2.24) is 4.31 Å². The number of esters is 1. The number of sulfonamides is 1. The molecule has 1 aromatic carbocycles. The molecule has 0 unspecified atom stereocenters. The predicted octanol–water partition coefficient (Wildman–Crippen LogP) is 1.83. The Bertz CT molecular complexity index is 571. The van der Waals surface area contributed by atoms with Crippen molar-refractivity contribution in [1.29, 1.82) is 0 Å². The van der Waals surface area contributed by atoms with Crippen LogP contribution in [0.4, 0.5) is 0 Å². The molecule has 0 bridgehead atoms. The van der Waals surface area contributed by atoms with Crippen molar-refractivity contribution in [2.45, 2.75) is 18.7 Å². The molecule has 1 rings (SSSR count). The first-order valence-corrected chi connectivity index (χ1v) is 7.49. The molecule has 19 heavy (non-hydrogen) atoms. The van der Waals surface area contributed by atoms with Gasteiger partial charge in [-0.05, 0) is 31.5 Å². The van der Waals surface area contributed by atoms with Gasteiger partial charge in [-0.15, -0.1) is 0 Å². The molecule has 5 nitrogen and oxygen atoms in total. The average Bonchev–Trinajstić information content (AvgIpc) is 2.32. The van der Waals surface area contributed by atoms with E-state index in [1.54, 1.807) is 26.0 Å². The van der Waals surface area contributed by atoms with Gasteiger partial charge in [-0.2, -0.15) is 4.31 Å². The van der Waals surface area contributed by atoms with Crippen molar-refractivity contribution in [3.05, 3.63) is 28.8 Å². The van der Waals surface area contributed by atoms with Gasteiger partial charge in [0.25, 0.3) is 0 Å². The molecule has 0 aliphatic rings. The smallest absolute Gasteiger partial charge is 0.321 e. The van der Waals surface area contributed by atoms with E-state index in [2.05, 4.69) is 0 Å². The lowest BCUT2D eigenvalue weighted by Gasteiger charge is -2.17. The molecule has 106 valence electrons. The zero-order chi connectivity index (χ0) is 14.6. The van der Waals surface area contributed by atoms with Gasteiger partial charge < -0.3 is 4.74 Å². The van der Waals surface area contributed by atoms with Crippen LogP contribution in [0.3, 0.4) is 0 Å². The van der Waals surface area contributed by atoms with Gasteiger partial charge in [0.15, 0.2) is 0 Å². The Morgan fingerprint density at radius 2 is 2.05 bits per heavy atom. The zero-order valence-corrected chi connectivity index (χ0v) is 12.6. The van der Waals surface area contributed by atoms with Crippen molar-refractivity contribution >= 4 is 27.6 Å². The monoisotopic (exact) mass is 305 g/mol. The summed E-state index contributed by atoms with van der Waals surface area (Å²) in [5.74, 6) is -0.590. The number of nitrogens with zero attached hydrogens (tertiary/aromatic N) is 1. The summed E-state index contributed by atoms with van der Waals surface area (Å²) in [6.07, 6.45) is 0. The highest BCUT2D eigenvalue weighted by atomic mass is 35.5. The summed E-state index contributed by atoms with van der Waals surface area (Å²) >= 11 is 5.81. The number of rotatable bonds is 5. The van der Waals surface area contributed by atoms with Crippen LogP contribution in [0.25, 0.3) is 0 Å². The molecule has 0 atom stereocenters. The molecular weight excluding hydrogens is 290 g/mol. The maximum Gasteiger partial charge on any atom is 0.321 e. The lowest BCUT2D eigenvalue weighted by atomic mass is 10.2. The van der Waals surface area contributed by atoms with E-state index in [4.69, 9.17) is 16.3 Å². The van der Waals surface area contributed by atoms with Crippen molar-refractivity contribution in [2.24, 2.45) is 0 Å². The molecule has 0 spiro atoms. The van der Waals surface area contributed by atoms with Crippen LogP contribution < -0.4 is 0 Å². The van der Waals surface area contributed by atoms with Gasteiger partial charge >= 0.3 is 5.97 Å². The van der Waals surface area contributed by atoms with Crippen LogP contribution >= 0.6 is 11.6 Å². The summed E-state index contributed by atoms with van der Waals surface area (Å²) in [6, 6.07) is 4.60. The van der Waals surface area contributed by atoms with Gasteiger partial charge in [-0.25, -0.2) is 8.42 Å². The van der Waals surface area contributed by atoms with E-state index in [0.717, 1.165) is 4.31 Å². The third-order valence-corrected chi connectivity index (χ3v) is 4.68. The van der Waals surface area contributed by atoms with Crippen molar-refractivity contribution in [3.63, 3.8) is 0 Å². The fourth-order valence-corrected chi connectivity index (χ4v) is 3.09. The SMILES string of the molecule is CCOC(=O)CN(C)S(=O)(=O)c1cc(Cl)ccc1C. The fraction of sp³-hybridized carbons (Fsp3) is 0.417. The number of ether oxygens (including phenoxy) is 1. The maximum atomic E-state index is 12.3. The highest BCUT2D eigenvalue weighted by molar-refractivity contribution is 7.89. The Balaban J connectivity index is 3.03. The topological polar surface area (TPSA) is 63.7 Å². The molecule has 0 saturated carbocycles. The molecule has 0 amide bonds. The van der Waals surface area contributed by atoms with Gasteiger partial charge in [0.05, 0.1) is 11.5 Å². The summed E-state index contributed by atoms with van der Waals surface area (Å²) in [5, 5.41) is 0.328. The Labute approximate surface area is 118 Å². The maximum absolute atomic E-state index is 12.3. The standard InChI is InChI=1S/C12H16ClNO4S/c1-4-18-12(15)8-14(3)19(16,17)11-7-10(13)6-5-9(11)2/h5-7H,4,8H2,1-3H3. The van der Waals surface area contributed by atoms with Crippen LogP contribution in [0.5, 0.6) is 0 Å². The van der Waals surface area contributed by atoms with E-state index in [0.29, 0.717) is 10.6 Å². The van der Waals surface area contributed by atoms with Gasteiger partial charge in [0.1, 0.15) is 6.54 Å². The molecule has 0 aliphatic carbocycles. The van der Waals surface area contributed by atoms with Gasteiger partial charge in [-0.3, -0.25) is 4.79 Å². The minimum atomic E-state index is -3.76. The average molecular weight is 306 g/mol. The second-order valence-electron chi connectivity index (χ2n) is 3.98. The highest BCUT2D eigenvalue weighted by Crippen LogP contribution is 2.22. The normalized spacial score (nSPS) is 11.6. The van der Waals surface area contributed by atoms with E-state index in [1.807, 2.05) is 0 Å². The Kier molecular flexibility index (Phi) is 5.34. The van der Waals surface area contributed by atoms with Crippen LogP contribution in [0, 0.1) is 6.92 Å². The number of aryl methyl sites for hydroxylation is 1. The third-order valence-electron chi connectivity index (χ3n) is 2.50. The van der Waals surface area contributed by atoms with Crippen LogP contribution in [0.1, 0.15) is 12.5 Å². The molecule has 1 aromatic rings. The molecule has 7 heteroatoms. The molecule has 0 N–H and O–H groups in total. The molecule has 0 heterocycles. The Morgan fingerprint density at radius 1 is 1.42 bits per heavy atom. The number of likely N-dealkylation sites (N-methyl/N-ethyl adjacent to an activating group) is 1. The van der Waals surface area contributed by atoms with E-state index >= 15 is 0 Å². The predicted molar refractivity (Wildman–Crippen MR) is 72.6 cm³/mol. The molecule has 0 fully saturated rings. The minimum Gasteiger partial charge on any atom is -0.465 e. The first kappa shape index (κ1) is 15.9. The van der Waals surface area contributed by atoms with E-state index in [9.17, 15) is 13.2 Å². The van der Waals surface area contributed by atoms with Gasteiger partial charge in [-0.1, -0.05) is 17.7 Å². The highest BCUT2D eigenvalue weighted by Gasteiger charge is 2.25. The van der Waals surface area contributed by atoms with E-state index in [-0.39, 0.29) is 18.0 Å². The summed E-state index contributed by atoms with van der Waals surface area (Å²) in [5.41, 5.74) is 0.570. The number of hydrogen-bond acceptors (Lipinski definition) is 4. The van der Waals surface area contributed by atoms with Crippen LogP contribution in [0.2, 0.25) is 5.02 Å². The number of hydrogen-bond donors (Lipinski definition) is 0. The van der Waals surface area contributed by atoms with E-state index in [1.165, 1.54) is 13.1 Å². The largest absolute Gasteiger partial charge is 0.465 e. The Morgan fingerprint density at radius 3 is 2.63 bits per heavy atom. The summed E-state index contributed by atoms with van der Waals surface area (Å²) in [7, 11) is -2.43. The van der Waals surface area contributed by atoms with Crippen molar-refractivity contribution < 1.29 is 17.9 Å². The van der Waals surface area contributed by atoms with Crippen molar-refractivity contribution in [3.8, 4) is 0 Å². The number of carbonyl (C=O) groups excluding carboxylic acids is 1. The van der Waals surface area contributed by atoms with Gasteiger partial charge in [0.2, 0.25) is 10.0 Å². The lowest BCUT2D eigenvalue weighted by Crippen LogP contribution is -2.33. The van der Waals surface area contributed by atoms with Crippen LogP contribution in [0.15, 0.2) is 23.1 Å². The van der Waals surface area contributed by atoms with Crippen molar-refractivity contribution in [2.75, 3.05) is 20.2 Å². The van der Waals surface area contributed by atoms with E-state index < -0.39 is 16.0 Å². The van der Waals surface area contributed by atoms with Crippen LogP contribution in [-0.4, -0.2) is 38.9 Å². The zero-order valence-electron chi connectivity index (χ0n) is 11.0. The molecule has 0 aliphatic heterocycles. The Hall–Kier alpha value is -1.11. The molecule has 0 aromatic heterocycles. The number of halogens is 1. The van der Waals surface area contributed by atoms with Gasteiger partial charge in [0, 0.05) is 12.1 Å². The summed E-state index contributed by atoms with van der Waals surface area (Å²) in [4.78, 5) is 11.4. The second kappa shape index (κ2) is 6.36. The molecular formula is C12H16ClNO4S.